The Morgan fingerprint density at radius 1 is 1.10 bits per heavy atom. The van der Waals surface area contributed by atoms with Gasteiger partial charge in [-0.2, -0.15) is 0 Å². The fourth-order valence-electron chi connectivity index (χ4n) is 2.16. The molecule has 0 saturated heterocycles. The second-order valence-electron chi connectivity index (χ2n) is 5.30. The van der Waals surface area contributed by atoms with Crippen molar-refractivity contribution in [1.29, 1.82) is 0 Å². The summed E-state index contributed by atoms with van der Waals surface area (Å²) in [7, 11) is 0. The lowest BCUT2D eigenvalue weighted by atomic mass is 10.1. The Morgan fingerprint density at radius 3 is 2.43 bits per heavy atom. The molecule has 1 amide bonds. The van der Waals surface area contributed by atoms with Crippen molar-refractivity contribution in [3.05, 3.63) is 53.2 Å². The predicted molar refractivity (Wildman–Crippen MR) is 86.4 cm³/mol. The number of pyridine rings is 1. The number of aromatic nitrogens is 1. The van der Waals surface area contributed by atoms with Crippen molar-refractivity contribution in [2.75, 3.05) is 6.54 Å². The molecule has 0 saturated carbocycles. The van der Waals surface area contributed by atoms with E-state index in [0.29, 0.717) is 12.1 Å². The first-order valence-corrected chi connectivity index (χ1v) is 7.44. The first kappa shape index (κ1) is 15.2. The SMILES string of the molecule is CCCCNC(=O)c1ccc(-c2ccc(C)cc2)nc1C. The molecule has 0 aliphatic rings. The summed E-state index contributed by atoms with van der Waals surface area (Å²) >= 11 is 0. The minimum Gasteiger partial charge on any atom is -0.352 e. The molecular formula is C18H22N2O. The molecule has 0 spiro atoms. The summed E-state index contributed by atoms with van der Waals surface area (Å²) < 4.78 is 0. The number of carbonyl (C=O) groups is 1. The van der Waals surface area contributed by atoms with Gasteiger partial charge in [0.05, 0.1) is 17.0 Å². The molecule has 0 unspecified atom stereocenters. The molecule has 3 nitrogen and oxygen atoms in total. The summed E-state index contributed by atoms with van der Waals surface area (Å²) in [5, 5.41) is 2.93. The van der Waals surface area contributed by atoms with Gasteiger partial charge in [-0.1, -0.05) is 43.2 Å². The van der Waals surface area contributed by atoms with E-state index in [1.54, 1.807) is 0 Å². The maximum atomic E-state index is 12.1. The summed E-state index contributed by atoms with van der Waals surface area (Å²) in [6.45, 7) is 6.77. The van der Waals surface area contributed by atoms with Crippen molar-refractivity contribution in [3.8, 4) is 11.3 Å². The number of hydrogen-bond donors (Lipinski definition) is 1. The number of nitrogens with zero attached hydrogens (tertiary/aromatic N) is 1. The van der Waals surface area contributed by atoms with Crippen LogP contribution >= 0.6 is 0 Å². The van der Waals surface area contributed by atoms with Gasteiger partial charge in [0.2, 0.25) is 0 Å². The van der Waals surface area contributed by atoms with Gasteiger partial charge >= 0.3 is 0 Å². The van der Waals surface area contributed by atoms with Crippen LogP contribution in [-0.4, -0.2) is 17.4 Å². The minimum absolute atomic E-state index is 0.0380. The van der Waals surface area contributed by atoms with Crippen molar-refractivity contribution >= 4 is 5.91 Å². The Labute approximate surface area is 126 Å². The lowest BCUT2D eigenvalue weighted by Crippen LogP contribution is -2.25. The largest absolute Gasteiger partial charge is 0.352 e. The zero-order chi connectivity index (χ0) is 15.2. The minimum atomic E-state index is -0.0380. The van der Waals surface area contributed by atoms with E-state index in [2.05, 4.69) is 48.4 Å². The summed E-state index contributed by atoms with van der Waals surface area (Å²) in [5.74, 6) is -0.0380. The van der Waals surface area contributed by atoms with E-state index in [1.807, 2.05) is 19.1 Å². The first-order chi connectivity index (χ1) is 10.1. The molecule has 0 aliphatic heterocycles. The fourth-order valence-corrected chi connectivity index (χ4v) is 2.16. The van der Waals surface area contributed by atoms with Crippen LogP contribution in [0.15, 0.2) is 36.4 Å². The van der Waals surface area contributed by atoms with Gasteiger partial charge in [0, 0.05) is 12.1 Å². The van der Waals surface area contributed by atoms with E-state index in [-0.39, 0.29) is 5.91 Å². The number of amides is 1. The van der Waals surface area contributed by atoms with Gasteiger partial charge in [0.25, 0.3) is 5.91 Å². The summed E-state index contributed by atoms with van der Waals surface area (Å²) in [6.07, 6.45) is 2.07. The molecule has 0 aliphatic carbocycles. The fraction of sp³-hybridized carbons (Fsp3) is 0.333. The molecule has 1 aromatic heterocycles. The summed E-state index contributed by atoms with van der Waals surface area (Å²) in [6, 6.07) is 12.0. The van der Waals surface area contributed by atoms with E-state index in [0.717, 1.165) is 29.8 Å². The lowest BCUT2D eigenvalue weighted by Gasteiger charge is -2.09. The highest BCUT2D eigenvalue weighted by molar-refractivity contribution is 5.95. The van der Waals surface area contributed by atoms with Crippen LogP contribution in [0.1, 0.15) is 41.4 Å². The number of carbonyl (C=O) groups excluding carboxylic acids is 1. The van der Waals surface area contributed by atoms with Crippen LogP contribution in [0.4, 0.5) is 0 Å². The second-order valence-corrected chi connectivity index (χ2v) is 5.30. The molecule has 21 heavy (non-hydrogen) atoms. The van der Waals surface area contributed by atoms with E-state index < -0.39 is 0 Å². The Bertz CT molecular complexity index is 618. The normalized spacial score (nSPS) is 10.4. The third kappa shape index (κ3) is 3.91. The molecule has 2 aromatic rings. The maximum absolute atomic E-state index is 12.1. The van der Waals surface area contributed by atoms with Gasteiger partial charge in [-0.3, -0.25) is 9.78 Å². The number of benzene rings is 1. The van der Waals surface area contributed by atoms with Gasteiger partial charge in [-0.25, -0.2) is 0 Å². The van der Waals surface area contributed by atoms with Gasteiger partial charge in [0.1, 0.15) is 0 Å². The molecule has 0 radical (unpaired) electrons. The standard InChI is InChI=1S/C18H22N2O/c1-4-5-12-19-18(21)16-10-11-17(20-14(16)3)15-8-6-13(2)7-9-15/h6-11H,4-5,12H2,1-3H3,(H,19,21). The number of hydrogen-bond acceptors (Lipinski definition) is 2. The third-order valence-electron chi connectivity index (χ3n) is 3.49. The number of nitrogens with one attached hydrogen (secondary N) is 1. The van der Waals surface area contributed by atoms with Crippen LogP contribution in [-0.2, 0) is 0 Å². The Morgan fingerprint density at radius 2 is 1.81 bits per heavy atom. The van der Waals surface area contributed by atoms with Gasteiger partial charge in [0.15, 0.2) is 0 Å². The monoisotopic (exact) mass is 282 g/mol. The smallest absolute Gasteiger partial charge is 0.253 e. The van der Waals surface area contributed by atoms with Crippen LogP contribution in [0.5, 0.6) is 0 Å². The van der Waals surface area contributed by atoms with Crippen molar-refractivity contribution in [1.82, 2.24) is 10.3 Å². The molecule has 1 aromatic carbocycles. The van der Waals surface area contributed by atoms with Crippen LogP contribution in [0.25, 0.3) is 11.3 Å². The molecule has 3 heteroatoms. The summed E-state index contributed by atoms with van der Waals surface area (Å²) in [5.41, 5.74) is 4.62. The van der Waals surface area contributed by atoms with E-state index in [9.17, 15) is 4.79 Å². The van der Waals surface area contributed by atoms with Crippen LogP contribution in [0, 0.1) is 13.8 Å². The molecule has 2 rings (SSSR count). The quantitative estimate of drug-likeness (QED) is 0.845. The molecule has 1 heterocycles. The average molecular weight is 282 g/mol. The molecule has 1 N–H and O–H groups in total. The topological polar surface area (TPSA) is 42.0 Å². The Balaban J connectivity index is 2.17. The number of aryl methyl sites for hydroxylation is 2. The van der Waals surface area contributed by atoms with Gasteiger partial charge in [-0.05, 0) is 32.4 Å². The predicted octanol–water partition coefficient (Wildman–Crippen LogP) is 3.90. The average Bonchev–Trinajstić information content (AvgIpc) is 2.48. The zero-order valence-electron chi connectivity index (χ0n) is 12.9. The second kappa shape index (κ2) is 7.02. The van der Waals surface area contributed by atoms with E-state index >= 15 is 0 Å². The highest BCUT2D eigenvalue weighted by Gasteiger charge is 2.10. The molecule has 0 bridgehead atoms. The lowest BCUT2D eigenvalue weighted by molar-refractivity contribution is 0.0952. The molecule has 0 atom stereocenters. The highest BCUT2D eigenvalue weighted by Crippen LogP contribution is 2.19. The van der Waals surface area contributed by atoms with Crippen LogP contribution in [0.3, 0.4) is 0 Å². The number of unbranched alkanes of at least 4 members (excludes halogenated alkanes) is 1. The maximum Gasteiger partial charge on any atom is 0.253 e. The molecular weight excluding hydrogens is 260 g/mol. The summed E-state index contributed by atoms with van der Waals surface area (Å²) in [4.78, 5) is 16.6. The van der Waals surface area contributed by atoms with Crippen molar-refractivity contribution in [3.63, 3.8) is 0 Å². The van der Waals surface area contributed by atoms with Crippen LogP contribution < -0.4 is 5.32 Å². The highest BCUT2D eigenvalue weighted by atomic mass is 16.1. The zero-order valence-corrected chi connectivity index (χ0v) is 12.9. The van der Waals surface area contributed by atoms with Crippen molar-refractivity contribution in [2.24, 2.45) is 0 Å². The van der Waals surface area contributed by atoms with Gasteiger partial charge < -0.3 is 5.32 Å². The third-order valence-corrected chi connectivity index (χ3v) is 3.49. The number of rotatable bonds is 5. The van der Waals surface area contributed by atoms with Crippen LogP contribution in [0.2, 0.25) is 0 Å². The van der Waals surface area contributed by atoms with Gasteiger partial charge in [-0.15, -0.1) is 0 Å². The van der Waals surface area contributed by atoms with Crippen molar-refractivity contribution in [2.45, 2.75) is 33.6 Å². The molecule has 0 fully saturated rings. The Hall–Kier alpha value is -2.16. The molecule has 110 valence electrons. The van der Waals surface area contributed by atoms with E-state index in [1.165, 1.54) is 5.56 Å². The Kier molecular flexibility index (Phi) is 5.09. The van der Waals surface area contributed by atoms with E-state index in [4.69, 9.17) is 0 Å². The first-order valence-electron chi connectivity index (χ1n) is 7.44. The van der Waals surface area contributed by atoms with Crippen molar-refractivity contribution < 1.29 is 4.79 Å².